The first-order valence-corrected chi connectivity index (χ1v) is 14.3. The van der Waals surface area contributed by atoms with Gasteiger partial charge in [0.2, 0.25) is 0 Å². The van der Waals surface area contributed by atoms with Gasteiger partial charge in [-0.3, -0.25) is 0 Å². The Kier molecular flexibility index (Phi) is 20.7. The van der Waals surface area contributed by atoms with Crippen LogP contribution in [0.4, 0.5) is 4.79 Å². The first-order chi connectivity index (χ1) is 16.6. The van der Waals surface area contributed by atoms with E-state index in [0.29, 0.717) is 32.8 Å². The van der Waals surface area contributed by atoms with E-state index < -0.39 is 0 Å². The maximum atomic E-state index is 12.0. The minimum absolute atomic E-state index is 0.260. The lowest BCUT2D eigenvalue weighted by Crippen LogP contribution is -2.37. The van der Waals surface area contributed by atoms with E-state index >= 15 is 0 Å². The molecular formula is C29H59NO5. The molecule has 0 aliphatic carbocycles. The molecule has 0 saturated carbocycles. The Morgan fingerprint density at radius 1 is 0.800 bits per heavy atom. The lowest BCUT2D eigenvalue weighted by molar-refractivity contribution is -0.112. The van der Waals surface area contributed by atoms with Crippen molar-refractivity contribution in [3.63, 3.8) is 0 Å². The van der Waals surface area contributed by atoms with Gasteiger partial charge in [-0.1, -0.05) is 84.5 Å². The molecule has 0 aromatic carbocycles. The van der Waals surface area contributed by atoms with Crippen molar-refractivity contribution in [1.82, 2.24) is 5.32 Å². The second-order valence-corrected chi connectivity index (χ2v) is 11.3. The fraction of sp³-hybridized carbons (Fsp3) is 0.966. The number of nitrogens with one attached hydrogen (secondary N) is 1. The van der Waals surface area contributed by atoms with E-state index in [0.717, 1.165) is 13.0 Å². The molecule has 35 heavy (non-hydrogen) atoms. The minimum Gasteiger partial charge on any atom is -0.449 e. The summed E-state index contributed by atoms with van der Waals surface area (Å²) < 4.78 is 22.4. The van der Waals surface area contributed by atoms with Crippen LogP contribution in [0.15, 0.2) is 0 Å². The molecule has 0 radical (unpaired) electrons. The van der Waals surface area contributed by atoms with E-state index in [4.69, 9.17) is 18.9 Å². The van der Waals surface area contributed by atoms with Crippen molar-refractivity contribution in [3.8, 4) is 0 Å². The number of methoxy groups -OCH3 is 1. The summed E-state index contributed by atoms with van der Waals surface area (Å²) in [6, 6.07) is 0. The van der Waals surface area contributed by atoms with Crippen molar-refractivity contribution in [1.29, 1.82) is 0 Å². The Morgan fingerprint density at radius 2 is 1.34 bits per heavy atom. The molecule has 0 fully saturated rings. The van der Waals surface area contributed by atoms with Crippen LogP contribution in [0.5, 0.6) is 0 Å². The summed E-state index contributed by atoms with van der Waals surface area (Å²) in [4.78, 5) is 12.0. The Morgan fingerprint density at radius 3 is 1.89 bits per heavy atom. The Balaban J connectivity index is 3.56. The molecule has 0 heterocycles. The van der Waals surface area contributed by atoms with E-state index in [1.165, 1.54) is 70.6 Å². The number of carbonyl (C=O) groups is 1. The van der Waals surface area contributed by atoms with Gasteiger partial charge < -0.3 is 24.3 Å². The average molecular weight is 502 g/mol. The molecule has 0 saturated heterocycles. The van der Waals surface area contributed by atoms with Gasteiger partial charge in [-0.25, -0.2) is 4.79 Å². The smallest absolute Gasteiger partial charge is 0.407 e. The van der Waals surface area contributed by atoms with E-state index in [-0.39, 0.29) is 23.2 Å². The van der Waals surface area contributed by atoms with Gasteiger partial charge in [-0.15, -0.1) is 0 Å². The summed E-state index contributed by atoms with van der Waals surface area (Å²) in [7, 11) is 1.68. The van der Waals surface area contributed by atoms with Crippen molar-refractivity contribution < 1.29 is 23.7 Å². The van der Waals surface area contributed by atoms with Crippen LogP contribution in [0, 0.1) is 5.92 Å². The lowest BCUT2D eigenvalue weighted by Gasteiger charge is -2.31. The normalized spacial score (nSPS) is 13.1. The molecule has 6 nitrogen and oxygen atoms in total. The summed E-state index contributed by atoms with van der Waals surface area (Å²) in [5.41, 5.74) is -0.717. The standard InChI is InChI=1S/C29H59NO5/c1-8-9-10-11-12-13-14-15-16-17-18-19-21-33-24-26(2)23-30-27(31)34-22-20-28(3,4)35-25-29(5,6)32-7/h26H,8-25H2,1-7H3,(H,30,31). The van der Waals surface area contributed by atoms with E-state index in [2.05, 4.69) is 19.2 Å². The van der Waals surface area contributed by atoms with Crippen molar-refractivity contribution in [3.05, 3.63) is 0 Å². The van der Waals surface area contributed by atoms with Gasteiger partial charge in [0, 0.05) is 26.7 Å². The topological polar surface area (TPSA) is 66.0 Å². The van der Waals surface area contributed by atoms with Crippen LogP contribution >= 0.6 is 0 Å². The largest absolute Gasteiger partial charge is 0.449 e. The first kappa shape index (κ1) is 34.1. The van der Waals surface area contributed by atoms with E-state index in [1.807, 2.05) is 27.7 Å². The zero-order chi connectivity index (χ0) is 26.4. The van der Waals surface area contributed by atoms with Crippen LogP contribution in [-0.4, -0.2) is 57.4 Å². The summed E-state index contributed by atoms with van der Waals surface area (Å²) >= 11 is 0. The molecule has 1 N–H and O–H groups in total. The predicted molar refractivity (Wildman–Crippen MR) is 146 cm³/mol. The zero-order valence-electron chi connectivity index (χ0n) is 24.3. The minimum atomic E-state index is -0.384. The van der Waals surface area contributed by atoms with Crippen LogP contribution in [0.25, 0.3) is 0 Å². The molecule has 0 aliphatic rings. The molecule has 0 spiro atoms. The van der Waals surface area contributed by atoms with Gasteiger partial charge in [-0.2, -0.15) is 0 Å². The lowest BCUT2D eigenvalue weighted by atomic mass is 10.1. The Labute approximate surface area is 217 Å². The van der Waals surface area contributed by atoms with Crippen molar-refractivity contribution >= 4 is 6.09 Å². The fourth-order valence-corrected chi connectivity index (χ4v) is 3.59. The monoisotopic (exact) mass is 501 g/mol. The maximum absolute atomic E-state index is 12.0. The van der Waals surface area contributed by atoms with Crippen LogP contribution in [0.3, 0.4) is 0 Å². The van der Waals surface area contributed by atoms with Gasteiger partial charge in [0.15, 0.2) is 0 Å². The molecule has 210 valence electrons. The van der Waals surface area contributed by atoms with Crippen molar-refractivity contribution in [2.24, 2.45) is 5.92 Å². The SMILES string of the molecule is CCCCCCCCCCCCCCOCC(C)CNC(=O)OCCC(C)(C)OCC(C)(C)OC. The Hall–Kier alpha value is -0.850. The number of carbonyl (C=O) groups excluding carboxylic acids is 1. The van der Waals surface area contributed by atoms with Gasteiger partial charge in [0.25, 0.3) is 0 Å². The number of amides is 1. The van der Waals surface area contributed by atoms with Crippen LogP contribution in [-0.2, 0) is 18.9 Å². The molecule has 1 amide bonds. The number of alkyl carbamates (subject to hydrolysis) is 1. The van der Waals surface area contributed by atoms with Crippen LogP contribution < -0.4 is 5.32 Å². The number of ether oxygens (including phenoxy) is 4. The third kappa shape index (κ3) is 23.3. The maximum Gasteiger partial charge on any atom is 0.407 e. The highest BCUT2D eigenvalue weighted by Gasteiger charge is 2.25. The predicted octanol–water partition coefficient (Wildman–Crippen LogP) is 7.68. The van der Waals surface area contributed by atoms with Gasteiger partial charge in [0.1, 0.15) is 0 Å². The molecule has 6 heteroatoms. The zero-order valence-corrected chi connectivity index (χ0v) is 24.3. The van der Waals surface area contributed by atoms with Crippen LogP contribution in [0.2, 0.25) is 0 Å². The molecule has 0 aromatic heterocycles. The fourth-order valence-electron chi connectivity index (χ4n) is 3.59. The molecular weight excluding hydrogens is 442 g/mol. The van der Waals surface area contributed by atoms with E-state index in [9.17, 15) is 4.79 Å². The highest BCUT2D eigenvalue weighted by atomic mass is 16.6. The molecule has 0 aromatic rings. The highest BCUT2D eigenvalue weighted by Crippen LogP contribution is 2.19. The first-order valence-electron chi connectivity index (χ1n) is 14.3. The second kappa shape index (κ2) is 21.3. The number of hydrogen-bond donors (Lipinski definition) is 1. The average Bonchev–Trinajstić information content (AvgIpc) is 2.81. The summed E-state index contributed by atoms with van der Waals surface area (Å²) in [6.07, 6.45) is 16.4. The molecule has 0 rings (SSSR count). The molecule has 1 atom stereocenters. The van der Waals surface area contributed by atoms with Crippen molar-refractivity contribution in [2.75, 3.05) is 40.1 Å². The van der Waals surface area contributed by atoms with Gasteiger partial charge >= 0.3 is 6.09 Å². The summed E-state index contributed by atoms with van der Waals surface area (Å²) in [6.45, 7) is 15.1. The molecule has 1 unspecified atom stereocenters. The number of rotatable bonds is 24. The highest BCUT2D eigenvalue weighted by molar-refractivity contribution is 5.67. The summed E-state index contributed by atoms with van der Waals surface area (Å²) in [5.74, 6) is 0.260. The third-order valence-electron chi connectivity index (χ3n) is 6.44. The Bertz CT molecular complexity index is 495. The second-order valence-electron chi connectivity index (χ2n) is 11.3. The molecule has 0 aliphatic heterocycles. The third-order valence-corrected chi connectivity index (χ3v) is 6.44. The van der Waals surface area contributed by atoms with Gasteiger partial charge in [0.05, 0.1) is 31.0 Å². The van der Waals surface area contributed by atoms with Gasteiger partial charge in [-0.05, 0) is 40.0 Å². The molecule has 0 bridgehead atoms. The van der Waals surface area contributed by atoms with Crippen LogP contribution in [0.1, 0.15) is 125 Å². The summed E-state index contributed by atoms with van der Waals surface area (Å²) in [5, 5.41) is 2.83. The van der Waals surface area contributed by atoms with E-state index in [1.54, 1.807) is 7.11 Å². The quantitative estimate of drug-likeness (QED) is 0.137. The number of unbranched alkanes of at least 4 members (excludes halogenated alkanes) is 11. The number of hydrogen-bond acceptors (Lipinski definition) is 5. The van der Waals surface area contributed by atoms with Crippen molar-refractivity contribution in [2.45, 2.75) is 136 Å².